The summed E-state index contributed by atoms with van der Waals surface area (Å²) in [6, 6.07) is 0. The predicted octanol–water partition coefficient (Wildman–Crippen LogP) is 4.52. The van der Waals surface area contributed by atoms with Crippen molar-refractivity contribution in [2.24, 2.45) is 0 Å². The van der Waals surface area contributed by atoms with Crippen LogP contribution in [0.25, 0.3) is 0 Å². The minimum atomic E-state index is 0. The summed E-state index contributed by atoms with van der Waals surface area (Å²) in [4.78, 5) is 0. The molecule has 0 radical (unpaired) electrons. The van der Waals surface area contributed by atoms with Crippen LogP contribution >= 0.6 is 45.1 Å². The molecule has 0 fully saturated rings. The van der Waals surface area contributed by atoms with Crippen molar-refractivity contribution in [3.05, 3.63) is 30.7 Å². The van der Waals surface area contributed by atoms with Crippen molar-refractivity contribution < 1.29 is 25.8 Å². The molecule has 1 aliphatic rings. The van der Waals surface area contributed by atoms with Gasteiger partial charge in [0, 0.05) is 25.8 Å². The molecule has 1 aliphatic carbocycles. The van der Waals surface area contributed by atoms with E-state index in [2.05, 4.69) is 38.8 Å². The van der Waals surface area contributed by atoms with E-state index in [-0.39, 0.29) is 63.1 Å². The first-order valence-corrected chi connectivity index (χ1v) is 6.33. The van der Waals surface area contributed by atoms with Crippen molar-refractivity contribution in [1.82, 2.24) is 0 Å². The zero-order chi connectivity index (χ0) is 8.53. The van der Waals surface area contributed by atoms with Gasteiger partial charge < -0.3 is 6.42 Å². The third-order valence-electron chi connectivity index (χ3n) is 1.13. The second-order valence-corrected chi connectivity index (χ2v) is 5.20. The number of halogens is 3. The fraction of sp³-hybridized carbons (Fsp3) is 0.500. The van der Waals surface area contributed by atoms with Crippen LogP contribution in [0, 0.1) is 12.5 Å². The van der Waals surface area contributed by atoms with Gasteiger partial charge in [0.2, 0.25) is 0 Å². The Labute approximate surface area is 134 Å². The first-order valence-electron chi connectivity index (χ1n) is 3.91. The van der Waals surface area contributed by atoms with Gasteiger partial charge in [-0.2, -0.15) is 19.2 Å². The summed E-state index contributed by atoms with van der Waals surface area (Å²) in [6.45, 7) is 6.69. The molecule has 0 bridgehead atoms. The molecule has 0 atom stereocenters. The molecule has 0 heterocycles. The standard InChI is InChI=1S/C5H12P.C5H5.3ClH.Hf/c1-4-5-6(2)3;1-2-4-5-3-1;;;;/h4H,5H2,1-3H3;1-3H,4H2;3*1H;/q2*-1;;;;. The Balaban J connectivity index is -0.0000000352. The van der Waals surface area contributed by atoms with Crippen molar-refractivity contribution in [1.29, 1.82) is 0 Å². The molecular weight excluding hydrogens is 436 g/mol. The second-order valence-electron chi connectivity index (χ2n) is 2.67. The van der Waals surface area contributed by atoms with E-state index in [1.165, 1.54) is 6.16 Å². The van der Waals surface area contributed by atoms with E-state index >= 15 is 0 Å². The number of allylic oxidation sites excluding steroid dienone is 4. The molecule has 0 aliphatic heterocycles. The average molecular weight is 456 g/mol. The van der Waals surface area contributed by atoms with Gasteiger partial charge in [0.05, 0.1) is 0 Å². The van der Waals surface area contributed by atoms with E-state index in [1.54, 1.807) is 0 Å². The SMILES string of the molecule is C[CH-]CP(C)C.Cl.Cl.Cl.[C-]1=CC=CC1.[Hf]. The number of rotatable bonds is 2. The van der Waals surface area contributed by atoms with E-state index in [1.807, 2.05) is 12.2 Å². The monoisotopic (exact) mass is 456 g/mol. The topological polar surface area (TPSA) is 0 Å². The van der Waals surface area contributed by atoms with E-state index in [0.29, 0.717) is 7.92 Å². The maximum atomic E-state index is 2.99. The van der Waals surface area contributed by atoms with Gasteiger partial charge in [-0.15, -0.1) is 51.6 Å². The van der Waals surface area contributed by atoms with Gasteiger partial charge in [0.15, 0.2) is 0 Å². The van der Waals surface area contributed by atoms with Crippen LogP contribution in [-0.4, -0.2) is 19.5 Å². The van der Waals surface area contributed by atoms with Crippen molar-refractivity contribution >= 4 is 45.1 Å². The average Bonchev–Trinajstić information content (AvgIpc) is 2.41. The Kier molecular flexibility index (Phi) is 49.6. The Hall–Kier alpha value is 1.65. The van der Waals surface area contributed by atoms with Crippen LogP contribution < -0.4 is 0 Å². The van der Waals surface area contributed by atoms with Crippen molar-refractivity contribution in [3.63, 3.8) is 0 Å². The Morgan fingerprint density at radius 2 is 1.80 bits per heavy atom. The minimum Gasteiger partial charge on any atom is -0.327 e. The molecule has 0 saturated carbocycles. The smallest absolute Gasteiger partial charge is 0 e. The zero-order valence-corrected chi connectivity index (χ0v) is 16.3. The molecule has 0 aromatic rings. The van der Waals surface area contributed by atoms with Gasteiger partial charge in [0.1, 0.15) is 0 Å². The van der Waals surface area contributed by atoms with Gasteiger partial charge in [-0.1, -0.05) is 0 Å². The van der Waals surface area contributed by atoms with E-state index < -0.39 is 0 Å². The van der Waals surface area contributed by atoms with Gasteiger partial charge in [-0.3, -0.25) is 6.08 Å². The molecule has 0 nitrogen and oxygen atoms in total. The van der Waals surface area contributed by atoms with Gasteiger partial charge in [-0.05, 0) is 13.3 Å². The van der Waals surface area contributed by atoms with Crippen molar-refractivity contribution in [3.8, 4) is 0 Å². The molecule has 15 heavy (non-hydrogen) atoms. The minimum absolute atomic E-state index is 0. The summed E-state index contributed by atoms with van der Waals surface area (Å²) in [6.07, 6.45) is 13.5. The van der Waals surface area contributed by atoms with E-state index in [0.717, 1.165) is 6.42 Å². The summed E-state index contributed by atoms with van der Waals surface area (Å²) in [7, 11) is 0.344. The maximum Gasteiger partial charge on any atom is 0 e. The number of hydrogen-bond acceptors (Lipinski definition) is 0. The predicted molar refractivity (Wildman–Crippen MR) is 76.9 cm³/mol. The molecule has 0 amide bonds. The van der Waals surface area contributed by atoms with Gasteiger partial charge >= 0.3 is 0 Å². The van der Waals surface area contributed by atoms with Crippen LogP contribution in [0.3, 0.4) is 0 Å². The van der Waals surface area contributed by atoms with Crippen LogP contribution in [0.5, 0.6) is 0 Å². The maximum absolute atomic E-state index is 2.99. The Morgan fingerprint density at radius 1 is 1.27 bits per heavy atom. The van der Waals surface area contributed by atoms with Crippen LogP contribution in [0.2, 0.25) is 0 Å². The molecule has 0 aromatic heterocycles. The molecule has 5 heteroatoms. The third kappa shape index (κ3) is 31.3. The van der Waals surface area contributed by atoms with Crippen molar-refractivity contribution in [2.75, 3.05) is 19.5 Å². The molecule has 92 valence electrons. The van der Waals surface area contributed by atoms with Gasteiger partial charge in [-0.25, -0.2) is 12.2 Å². The first kappa shape index (κ1) is 30.0. The largest absolute Gasteiger partial charge is 0.327 e. The van der Waals surface area contributed by atoms with Crippen LogP contribution in [0.15, 0.2) is 18.2 Å². The van der Waals surface area contributed by atoms with E-state index in [9.17, 15) is 0 Å². The second kappa shape index (κ2) is 24.7. The molecule has 0 saturated heterocycles. The van der Waals surface area contributed by atoms with E-state index in [4.69, 9.17) is 0 Å². The molecule has 0 spiro atoms. The Morgan fingerprint density at radius 3 is 1.87 bits per heavy atom. The molecule has 0 N–H and O–H groups in total. The molecule has 0 aromatic carbocycles. The fourth-order valence-electron chi connectivity index (χ4n) is 0.705. The number of hydrogen-bond donors (Lipinski definition) is 0. The fourth-order valence-corrected chi connectivity index (χ4v) is 1.44. The summed E-state index contributed by atoms with van der Waals surface area (Å²) >= 11 is 0. The van der Waals surface area contributed by atoms with Crippen LogP contribution in [0.1, 0.15) is 13.3 Å². The molecule has 0 unspecified atom stereocenters. The van der Waals surface area contributed by atoms with Crippen molar-refractivity contribution in [2.45, 2.75) is 13.3 Å². The summed E-state index contributed by atoms with van der Waals surface area (Å²) in [5, 5.41) is 0. The normalized spacial score (nSPS) is 9.87. The molecular formula is C10H20Cl3HfP-2. The van der Waals surface area contributed by atoms with Crippen LogP contribution in [0.4, 0.5) is 0 Å². The quantitative estimate of drug-likeness (QED) is 0.326. The summed E-state index contributed by atoms with van der Waals surface area (Å²) < 4.78 is 0. The van der Waals surface area contributed by atoms with Gasteiger partial charge in [0.25, 0.3) is 0 Å². The third-order valence-corrected chi connectivity index (χ3v) is 2.23. The first-order chi connectivity index (χ1) is 5.27. The zero-order valence-electron chi connectivity index (χ0n) is 9.40. The van der Waals surface area contributed by atoms with Crippen LogP contribution in [-0.2, 0) is 25.8 Å². The molecule has 1 rings (SSSR count). The summed E-state index contributed by atoms with van der Waals surface area (Å²) in [5.41, 5.74) is 0. The Bertz CT molecular complexity index is 129. The summed E-state index contributed by atoms with van der Waals surface area (Å²) in [5.74, 6) is 0.